The normalized spacial score (nSPS) is 27.9. The lowest BCUT2D eigenvalue weighted by Crippen LogP contribution is -2.46. The molecule has 6 heteroatoms. The summed E-state index contributed by atoms with van der Waals surface area (Å²) < 4.78 is 6.22. The Morgan fingerprint density at radius 3 is 2.50 bits per heavy atom. The fourth-order valence-corrected chi connectivity index (χ4v) is 4.43. The highest BCUT2D eigenvalue weighted by Gasteiger charge is 2.34. The molecule has 3 atom stereocenters. The number of nitrogens with zero attached hydrogens (tertiary/aromatic N) is 1. The molecule has 3 nitrogen and oxygen atoms in total. The van der Waals surface area contributed by atoms with Crippen molar-refractivity contribution in [2.75, 3.05) is 19.7 Å². The molecule has 1 saturated carbocycles. The van der Waals surface area contributed by atoms with E-state index in [0.29, 0.717) is 22.7 Å². The van der Waals surface area contributed by atoms with Gasteiger partial charge in [0.25, 0.3) is 0 Å². The lowest BCUT2D eigenvalue weighted by atomic mass is 9.91. The molecule has 24 heavy (non-hydrogen) atoms. The molecule has 0 aromatic heterocycles. The number of halogens is 3. The Balaban J connectivity index is 0.00000208. The molecule has 1 aliphatic heterocycles. The van der Waals surface area contributed by atoms with Crippen molar-refractivity contribution in [3.8, 4) is 0 Å². The lowest BCUT2D eigenvalue weighted by Gasteiger charge is -2.37. The second-order valence-corrected chi connectivity index (χ2v) is 7.46. The van der Waals surface area contributed by atoms with E-state index in [9.17, 15) is 5.11 Å². The van der Waals surface area contributed by atoms with Crippen LogP contribution in [0.25, 0.3) is 0 Å². The van der Waals surface area contributed by atoms with E-state index in [0.717, 1.165) is 37.9 Å². The molecular formula is C18H26Cl3NO2. The summed E-state index contributed by atoms with van der Waals surface area (Å²) in [4.78, 5) is 2.41. The van der Waals surface area contributed by atoms with Gasteiger partial charge in [-0.2, -0.15) is 0 Å². The zero-order chi connectivity index (χ0) is 16.2. The Bertz CT molecular complexity index is 509. The Kier molecular flexibility index (Phi) is 8.12. The van der Waals surface area contributed by atoms with Crippen molar-refractivity contribution < 1.29 is 9.84 Å². The summed E-state index contributed by atoms with van der Waals surface area (Å²) in [6, 6.07) is 6.06. The zero-order valence-corrected chi connectivity index (χ0v) is 16.1. The number of β-amino-alcohol motifs (C(OH)–C–C–N with tert-alkyl or cyclic N) is 1. The maximum absolute atomic E-state index is 9.79. The van der Waals surface area contributed by atoms with Crippen molar-refractivity contribution in [3.05, 3.63) is 33.8 Å². The summed E-state index contributed by atoms with van der Waals surface area (Å²) in [7, 11) is 0. The summed E-state index contributed by atoms with van der Waals surface area (Å²) in [5.41, 5.74) is 0.972. The van der Waals surface area contributed by atoms with E-state index in [1.807, 2.05) is 18.2 Å². The molecule has 1 heterocycles. The largest absolute Gasteiger partial charge is 0.392 e. The van der Waals surface area contributed by atoms with Crippen LogP contribution in [0.15, 0.2) is 18.2 Å². The SMILES string of the molecule is Cl.OC1CCN([C@H]2CCCC[C@@H]2OCCc2c(Cl)cccc2Cl)C1. The number of aliphatic hydroxyl groups is 1. The van der Waals surface area contributed by atoms with Gasteiger partial charge in [-0.25, -0.2) is 0 Å². The Morgan fingerprint density at radius 2 is 1.83 bits per heavy atom. The fraction of sp³-hybridized carbons (Fsp3) is 0.667. The molecule has 1 saturated heterocycles. The number of hydrogen-bond donors (Lipinski definition) is 1. The van der Waals surface area contributed by atoms with E-state index in [4.69, 9.17) is 27.9 Å². The second-order valence-electron chi connectivity index (χ2n) is 6.65. The Morgan fingerprint density at radius 1 is 1.12 bits per heavy atom. The Hall–Kier alpha value is -0.0300. The molecule has 1 unspecified atom stereocenters. The van der Waals surface area contributed by atoms with Crippen LogP contribution in [0.5, 0.6) is 0 Å². The average molecular weight is 395 g/mol. The maximum atomic E-state index is 9.79. The molecule has 0 spiro atoms. The number of aliphatic hydroxyl groups excluding tert-OH is 1. The van der Waals surface area contributed by atoms with Gasteiger partial charge in [0.1, 0.15) is 0 Å². The van der Waals surface area contributed by atoms with E-state index >= 15 is 0 Å². The standard InChI is InChI=1S/C18H25Cl2NO2.ClH/c19-15-4-3-5-16(20)14(15)9-11-23-18-7-2-1-6-17(18)21-10-8-13(22)12-21;/h3-5,13,17-18,22H,1-2,6-12H2;1H/t13?,17-,18-;/m0./s1. The van der Waals surface area contributed by atoms with Crippen molar-refractivity contribution in [1.82, 2.24) is 4.90 Å². The van der Waals surface area contributed by atoms with Crippen LogP contribution in [0.3, 0.4) is 0 Å². The average Bonchev–Trinajstić information content (AvgIpc) is 2.97. The summed E-state index contributed by atoms with van der Waals surface area (Å²) in [6.45, 7) is 2.42. The second kappa shape index (κ2) is 9.61. The quantitative estimate of drug-likeness (QED) is 0.806. The Labute approximate surface area is 160 Å². The summed E-state index contributed by atoms with van der Waals surface area (Å²) in [5, 5.41) is 11.2. The van der Waals surface area contributed by atoms with Gasteiger partial charge in [-0.1, -0.05) is 42.1 Å². The van der Waals surface area contributed by atoms with Gasteiger partial charge in [0.2, 0.25) is 0 Å². The van der Waals surface area contributed by atoms with Gasteiger partial charge in [0.15, 0.2) is 0 Å². The van der Waals surface area contributed by atoms with Gasteiger partial charge >= 0.3 is 0 Å². The third-order valence-electron chi connectivity index (χ3n) is 5.08. The predicted octanol–water partition coefficient (Wildman–Crippen LogP) is 4.35. The van der Waals surface area contributed by atoms with Gasteiger partial charge < -0.3 is 9.84 Å². The van der Waals surface area contributed by atoms with Crippen molar-refractivity contribution in [1.29, 1.82) is 0 Å². The first kappa shape index (κ1) is 20.3. The summed E-state index contributed by atoms with van der Waals surface area (Å²) in [5.74, 6) is 0. The van der Waals surface area contributed by atoms with E-state index in [-0.39, 0.29) is 24.6 Å². The first-order chi connectivity index (χ1) is 11.1. The van der Waals surface area contributed by atoms with Crippen molar-refractivity contribution in [2.45, 2.75) is 56.8 Å². The zero-order valence-electron chi connectivity index (χ0n) is 13.8. The van der Waals surface area contributed by atoms with E-state index < -0.39 is 0 Å². The van der Waals surface area contributed by atoms with Crippen LogP contribution in [-0.2, 0) is 11.2 Å². The molecule has 1 aromatic rings. The maximum Gasteiger partial charge on any atom is 0.0730 e. The van der Waals surface area contributed by atoms with Gasteiger partial charge in [-0.05, 0) is 43.4 Å². The molecule has 0 bridgehead atoms. The van der Waals surface area contributed by atoms with Crippen LogP contribution >= 0.6 is 35.6 Å². The van der Waals surface area contributed by atoms with Crippen LogP contribution in [0.1, 0.15) is 37.7 Å². The molecule has 1 aliphatic carbocycles. The van der Waals surface area contributed by atoms with Gasteiger partial charge in [0.05, 0.1) is 18.8 Å². The van der Waals surface area contributed by atoms with Crippen LogP contribution in [0, 0.1) is 0 Å². The molecule has 1 aromatic carbocycles. The monoisotopic (exact) mass is 393 g/mol. The highest BCUT2D eigenvalue weighted by atomic mass is 35.5. The van der Waals surface area contributed by atoms with Gasteiger partial charge in [-0.3, -0.25) is 4.90 Å². The molecule has 0 radical (unpaired) electrons. The van der Waals surface area contributed by atoms with E-state index in [1.54, 1.807) is 0 Å². The minimum absolute atomic E-state index is 0. The number of rotatable bonds is 5. The fourth-order valence-electron chi connectivity index (χ4n) is 3.84. The minimum Gasteiger partial charge on any atom is -0.392 e. The van der Waals surface area contributed by atoms with E-state index in [1.165, 1.54) is 19.3 Å². The predicted molar refractivity (Wildman–Crippen MR) is 102 cm³/mol. The number of ether oxygens (including phenoxy) is 1. The molecule has 0 amide bonds. The summed E-state index contributed by atoms with van der Waals surface area (Å²) in [6.07, 6.45) is 6.48. The lowest BCUT2D eigenvalue weighted by molar-refractivity contribution is -0.0315. The van der Waals surface area contributed by atoms with Crippen molar-refractivity contribution in [3.63, 3.8) is 0 Å². The molecular weight excluding hydrogens is 369 g/mol. The van der Waals surface area contributed by atoms with Crippen LogP contribution in [-0.4, -0.2) is 48.0 Å². The third kappa shape index (κ3) is 5.00. The molecule has 3 rings (SSSR count). The third-order valence-corrected chi connectivity index (χ3v) is 5.79. The molecule has 1 N–H and O–H groups in total. The van der Waals surface area contributed by atoms with E-state index in [2.05, 4.69) is 4.90 Å². The first-order valence-electron chi connectivity index (χ1n) is 8.62. The highest BCUT2D eigenvalue weighted by Crippen LogP contribution is 2.29. The van der Waals surface area contributed by atoms with Gasteiger partial charge in [-0.15, -0.1) is 12.4 Å². The summed E-state index contributed by atoms with van der Waals surface area (Å²) >= 11 is 12.4. The van der Waals surface area contributed by atoms with Crippen molar-refractivity contribution in [2.24, 2.45) is 0 Å². The van der Waals surface area contributed by atoms with Gasteiger partial charge in [0, 0.05) is 29.2 Å². The van der Waals surface area contributed by atoms with Crippen LogP contribution < -0.4 is 0 Å². The van der Waals surface area contributed by atoms with Crippen molar-refractivity contribution >= 4 is 35.6 Å². The molecule has 136 valence electrons. The van der Waals surface area contributed by atoms with Crippen LogP contribution in [0.4, 0.5) is 0 Å². The molecule has 2 aliphatic rings. The first-order valence-corrected chi connectivity index (χ1v) is 9.37. The highest BCUT2D eigenvalue weighted by molar-refractivity contribution is 6.35. The number of likely N-dealkylation sites (tertiary alicyclic amines) is 1. The topological polar surface area (TPSA) is 32.7 Å². The molecule has 2 fully saturated rings. The minimum atomic E-state index is -0.167. The smallest absolute Gasteiger partial charge is 0.0730 e. The number of hydrogen-bond acceptors (Lipinski definition) is 3. The van der Waals surface area contributed by atoms with Crippen LogP contribution in [0.2, 0.25) is 10.0 Å². The number of benzene rings is 1.